The molecule has 1 aromatic carbocycles. The van der Waals surface area contributed by atoms with E-state index in [2.05, 4.69) is 15.6 Å². The van der Waals surface area contributed by atoms with Crippen LogP contribution >= 0.6 is 12.4 Å². The number of amides is 1. The SMILES string of the molecule is CNCCc1ccccc1C(=O)Nc1cnccc1C.Cl. The molecule has 1 heterocycles. The summed E-state index contributed by atoms with van der Waals surface area (Å²) in [5, 5.41) is 6.02. The molecule has 0 saturated carbocycles. The monoisotopic (exact) mass is 305 g/mol. The van der Waals surface area contributed by atoms with E-state index in [1.165, 1.54) is 0 Å². The zero-order valence-corrected chi connectivity index (χ0v) is 13.0. The average Bonchev–Trinajstić information content (AvgIpc) is 2.47. The molecule has 0 atom stereocenters. The van der Waals surface area contributed by atoms with Crippen LogP contribution in [0.4, 0.5) is 5.69 Å². The fraction of sp³-hybridized carbons (Fsp3) is 0.250. The average molecular weight is 306 g/mol. The zero-order chi connectivity index (χ0) is 14.4. The van der Waals surface area contributed by atoms with E-state index < -0.39 is 0 Å². The Kier molecular flexibility index (Phi) is 6.85. The molecule has 0 spiro atoms. The topological polar surface area (TPSA) is 54.0 Å². The second kappa shape index (κ2) is 8.39. The molecule has 0 bridgehead atoms. The molecule has 112 valence electrons. The van der Waals surface area contributed by atoms with Gasteiger partial charge in [-0.1, -0.05) is 18.2 Å². The Hall–Kier alpha value is -1.91. The number of nitrogens with zero attached hydrogens (tertiary/aromatic N) is 1. The van der Waals surface area contributed by atoms with Crippen LogP contribution in [0.5, 0.6) is 0 Å². The van der Waals surface area contributed by atoms with Crippen molar-refractivity contribution < 1.29 is 4.79 Å². The molecule has 5 heteroatoms. The predicted molar refractivity (Wildman–Crippen MR) is 88.2 cm³/mol. The number of benzene rings is 1. The number of hydrogen-bond acceptors (Lipinski definition) is 3. The van der Waals surface area contributed by atoms with Crippen molar-refractivity contribution in [3.8, 4) is 0 Å². The number of anilines is 1. The molecule has 2 N–H and O–H groups in total. The maximum Gasteiger partial charge on any atom is 0.255 e. The van der Waals surface area contributed by atoms with E-state index in [4.69, 9.17) is 0 Å². The van der Waals surface area contributed by atoms with Gasteiger partial charge in [-0.15, -0.1) is 12.4 Å². The van der Waals surface area contributed by atoms with Crippen molar-refractivity contribution in [2.45, 2.75) is 13.3 Å². The number of aryl methyl sites for hydroxylation is 1. The Morgan fingerprint density at radius 2 is 2.00 bits per heavy atom. The Morgan fingerprint density at radius 1 is 1.24 bits per heavy atom. The van der Waals surface area contributed by atoms with Crippen LogP contribution in [0.2, 0.25) is 0 Å². The number of carbonyl (C=O) groups excluding carboxylic acids is 1. The van der Waals surface area contributed by atoms with Gasteiger partial charge in [-0.25, -0.2) is 0 Å². The van der Waals surface area contributed by atoms with E-state index in [0.717, 1.165) is 29.8 Å². The summed E-state index contributed by atoms with van der Waals surface area (Å²) in [5.41, 5.74) is 3.51. The highest BCUT2D eigenvalue weighted by molar-refractivity contribution is 6.05. The van der Waals surface area contributed by atoms with Crippen molar-refractivity contribution in [1.29, 1.82) is 0 Å². The van der Waals surface area contributed by atoms with Crippen LogP contribution in [0, 0.1) is 6.92 Å². The number of halogens is 1. The van der Waals surface area contributed by atoms with Crippen LogP contribution < -0.4 is 10.6 Å². The molecule has 0 unspecified atom stereocenters. The molecule has 0 saturated heterocycles. The number of nitrogens with one attached hydrogen (secondary N) is 2. The minimum atomic E-state index is -0.0900. The van der Waals surface area contributed by atoms with Gasteiger partial charge in [0.1, 0.15) is 0 Å². The van der Waals surface area contributed by atoms with Crippen LogP contribution in [0.15, 0.2) is 42.7 Å². The molecule has 2 rings (SSSR count). The molecule has 2 aromatic rings. The van der Waals surface area contributed by atoms with Crippen molar-refractivity contribution >= 4 is 24.0 Å². The smallest absolute Gasteiger partial charge is 0.255 e. The van der Waals surface area contributed by atoms with Crippen molar-refractivity contribution in [2.24, 2.45) is 0 Å². The minimum Gasteiger partial charge on any atom is -0.320 e. The van der Waals surface area contributed by atoms with Gasteiger partial charge in [0.05, 0.1) is 11.9 Å². The minimum absolute atomic E-state index is 0. The van der Waals surface area contributed by atoms with Gasteiger partial charge >= 0.3 is 0 Å². The molecule has 1 aromatic heterocycles. The fourth-order valence-electron chi connectivity index (χ4n) is 2.00. The highest BCUT2D eigenvalue weighted by Crippen LogP contribution is 2.15. The van der Waals surface area contributed by atoms with E-state index in [9.17, 15) is 4.79 Å². The molecule has 21 heavy (non-hydrogen) atoms. The van der Waals surface area contributed by atoms with Crippen molar-refractivity contribution in [3.63, 3.8) is 0 Å². The summed E-state index contributed by atoms with van der Waals surface area (Å²) < 4.78 is 0. The summed E-state index contributed by atoms with van der Waals surface area (Å²) in [6, 6.07) is 9.56. The molecule has 1 amide bonds. The van der Waals surface area contributed by atoms with E-state index >= 15 is 0 Å². The molecule has 0 fully saturated rings. The summed E-state index contributed by atoms with van der Waals surface area (Å²) in [6.45, 7) is 2.79. The number of rotatable bonds is 5. The van der Waals surface area contributed by atoms with Crippen molar-refractivity contribution in [3.05, 3.63) is 59.4 Å². The number of pyridine rings is 1. The fourth-order valence-corrected chi connectivity index (χ4v) is 2.00. The quantitative estimate of drug-likeness (QED) is 0.893. The lowest BCUT2D eigenvalue weighted by atomic mass is 10.0. The molecular weight excluding hydrogens is 286 g/mol. The van der Waals surface area contributed by atoms with Crippen LogP contribution in [0.3, 0.4) is 0 Å². The summed E-state index contributed by atoms with van der Waals surface area (Å²) in [6.07, 6.45) is 4.21. The summed E-state index contributed by atoms with van der Waals surface area (Å²) in [5.74, 6) is -0.0900. The normalized spacial score (nSPS) is 9.81. The molecular formula is C16H20ClN3O. The standard InChI is InChI=1S/C16H19N3O.ClH/c1-12-7-10-18-11-15(12)19-16(20)14-6-4-3-5-13(14)8-9-17-2;/h3-7,10-11,17H,8-9H2,1-2H3,(H,19,20);1H. The highest BCUT2D eigenvalue weighted by atomic mass is 35.5. The van der Waals surface area contributed by atoms with Crippen molar-refractivity contribution in [1.82, 2.24) is 10.3 Å². The van der Waals surface area contributed by atoms with Crippen LogP contribution in [-0.4, -0.2) is 24.5 Å². The number of aromatic nitrogens is 1. The van der Waals surface area contributed by atoms with Crippen LogP contribution in [0.1, 0.15) is 21.5 Å². The number of hydrogen-bond donors (Lipinski definition) is 2. The van der Waals surface area contributed by atoms with Gasteiger partial charge in [0.25, 0.3) is 5.91 Å². The van der Waals surface area contributed by atoms with Gasteiger partial charge in [-0.3, -0.25) is 9.78 Å². The van der Waals surface area contributed by atoms with Gasteiger partial charge < -0.3 is 10.6 Å². The maximum atomic E-state index is 12.4. The lowest BCUT2D eigenvalue weighted by Crippen LogP contribution is -2.17. The zero-order valence-electron chi connectivity index (χ0n) is 12.2. The highest BCUT2D eigenvalue weighted by Gasteiger charge is 2.11. The summed E-state index contributed by atoms with van der Waals surface area (Å²) in [4.78, 5) is 16.4. The molecule has 0 radical (unpaired) electrons. The Labute approximate surface area is 131 Å². The van der Waals surface area contributed by atoms with E-state index in [-0.39, 0.29) is 18.3 Å². The van der Waals surface area contributed by atoms with Gasteiger partial charge in [-0.2, -0.15) is 0 Å². The molecule has 0 aliphatic rings. The first-order chi connectivity index (χ1) is 9.72. The van der Waals surface area contributed by atoms with Gasteiger partial charge in [0.15, 0.2) is 0 Å². The summed E-state index contributed by atoms with van der Waals surface area (Å²) >= 11 is 0. The van der Waals surface area contributed by atoms with E-state index in [1.54, 1.807) is 12.4 Å². The van der Waals surface area contributed by atoms with Crippen LogP contribution in [0.25, 0.3) is 0 Å². The first-order valence-electron chi connectivity index (χ1n) is 6.67. The lowest BCUT2D eigenvalue weighted by Gasteiger charge is -2.11. The molecule has 0 aliphatic heterocycles. The second-order valence-electron chi connectivity index (χ2n) is 4.66. The lowest BCUT2D eigenvalue weighted by molar-refractivity contribution is 0.102. The largest absolute Gasteiger partial charge is 0.320 e. The van der Waals surface area contributed by atoms with Crippen LogP contribution in [-0.2, 0) is 6.42 Å². The molecule has 4 nitrogen and oxygen atoms in total. The van der Waals surface area contributed by atoms with Gasteiger partial charge in [0, 0.05) is 11.8 Å². The maximum absolute atomic E-state index is 12.4. The van der Waals surface area contributed by atoms with Crippen molar-refractivity contribution in [2.75, 3.05) is 18.9 Å². The number of carbonyl (C=O) groups is 1. The first-order valence-corrected chi connectivity index (χ1v) is 6.67. The van der Waals surface area contributed by atoms with E-state index in [0.29, 0.717) is 5.56 Å². The first kappa shape index (κ1) is 17.1. The number of likely N-dealkylation sites (N-methyl/N-ethyl adjacent to an activating group) is 1. The second-order valence-corrected chi connectivity index (χ2v) is 4.66. The molecule has 0 aliphatic carbocycles. The third-order valence-corrected chi connectivity index (χ3v) is 3.19. The van der Waals surface area contributed by atoms with Gasteiger partial charge in [0.2, 0.25) is 0 Å². The summed E-state index contributed by atoms with van der Waals surface area (Å²) in [7, 11) is 1.90. The van der Waals surface area contributed by atoms with Gasteiger partial charge in [-0.05, 0) is 50.2 Å². The Bertz CT molecular complexity index is 602. The Morgan fingerprint density at radius 3 is 2.71 bits per heavy atom. The predicted octanol–water partition coefficient (Wildman–Crippen LogP) is 2.83. The third kappa shape index (κ3) is 4.55. The Balaban J connectivity index is 0.00000220. The third-order valence-electron chi connectivity index (χ3n) is 3.19. The van der Waals surface area contributed by atoms with E-state index in [1.807, 2.05) is 44.3 Å².